The van der Waals surface area contributed by atoms with Gasteiger partial charge in [0.1, 0.15) is 5.56 Å². The lowest BCUT2D eigenvalue weighted by molar-refractivity contribution is -0.140. The van der Waals surface area contributed by atoms with Crippen LogP contribution in [0.2, 0.25) is 0 Å². The average molecular weight is 579 g/mol. The Morgan fingerprint density at radius 3 is 2.12 bits per heavy atom. The molecule has 0 amide bonds. The Hall–Kier alpha value is -4.79. The van der Waals surface area contributed by atoms with Crippen molar-refractivity contribution in [2.24, 2.45) is 0 Å². The second kappa shape index (κ2) is 10.5. The summed E-state index contributed by atoms with van der Waals surface area (Å²) in [5, 5.41) is 0. The van der Waals surface area contributed by atoms with Crippen LogP contribution in [0.15, 0.2) is 18.2 Å². The molecule has 0 fully saturated rings. The maximum atomic E-state index is 13.4. The summed E-state index contributed by atoms with van der Waals surface area (Å²) in [6.45, 7) is 12.2. The highest BCUT2D eigenvalue weighted by atomic mass is 16.6. The molecular formula is C34H34N4O5. The van der Waals surface area contributed by atoms with Crippen molar-refractivity contribution in [3.8, 4) is 0 Å². The molecule has 9 heteroatoms. The Balaban J connectivity index is 1.81. The first-order chi connectivity index (χ1) is 20.6. The monoisotopic (exact) mass is 578 g/mol. The number of carbonyl (C=O) groups is 3. The normalized spacial score (nSPS) is 14.5. The molecule has 9 nitrogen and oxygen atoms in total. The van der Waals surface area contributed by atoms with Crippen LogP contribution in [0.1, 0.15) is 107 Å². The maximum Gasteiger partial charge on any atom is 0.350 e. The van der Waals surface area contributed by atoms with Gasteiger partial charge in [0.05, 0.1) is 41.0 Å². The number of aromatic amines is 2. The molecule has 6 heterocycles. The summed E-state index contributed by atoms with van der Waals surface area (Å²) in [7, 11) is 1.35. The van der Waals surface area contributed by atoms with Crippen LogP contribution in [-0.2, 0) is 20.7 Å². The molecule has 43 heavy (non-hydrogen) atoms. The number of esters is 3. The molecule has 0 saturated heterocycles. The van der Waals surface area contributed by atoms with Crippen molar-refractivity contribution in [3.63, 3.8) is 0 Å². The molecule has 3 aromatic rings. The minimum absolute atomic E-state index is 0.108. The van der Waals surface area contributed by atoms with E-state index < -0.39 is 11.9 Å². The van der Waals surface area contributed by atoms with Gasteiger partial charge in [0.15, 0.2) is 0 Å². The lowest BCUT2D eigenvalue weighted by Crippen LogP contribution is -2.20. The molecule has 8 bridgehead atoms. The number of cyclic esters (lactones) is 2. The first-order valence-electron chi connectivity index (χ1n) is 14.6. The summed E-state index contributed by atoms with van der Waals surface area (Å²) in [6, 6.07) is 6.02. The van der Waals surface area contributed by atoms with Gasteiger partial charge in [-0.2, -0.15) is 0 Å². The molecule has 3 aromatic heterocycles. The van der Waals surface area contributed by atoms with Crippen LogP contribution in [0.25, 0.3) is 44.4 Å². The number of nitrogens with one attached hydrogen (secondary N) is 2. The summed E-state index contributed by atoms with van der Waals surface area (Å²) in [5.41, 5.74) is 12.8. The molecule has 0 spiro atoms. The summed E-state index contributed by atoms with van der Waals surface area (Å²) in [5.74, 6) is -1.86. The smallest absolute Gasteiger partial charge is 0.350 e. The summed E-state index contributed by atoms with van der Waals surface area (Å²) in [4.78, 5) is 55.6. The van der Waals surface area contributed by atoms with Crippen molar-refractivity contribution in [3.05, 3.63) is 68.8 Å². The van der Waals surface area contributed by atoms with Gasteiger partial charge in [-0.3, -0.25) is 4.79 Å². The van der Waals surface area contributed by atoms with Gasteiger partial charge < -0.3 is 19.4 Å². The highest BCUT2D eigenvalue weighted by Crippen LogP contribution is 2.40. The fourth-order valence-electron chi connectivity index (χ4n) is 6.44. The number of ether oxygens (including phenoxy) is 2. The standard InChI is InChI=1S/C34H34N4O5/c1-8-19-15(3)22-12-24-17(5)21(10-11-28(39)42-7)31(37-24)30-32-29(33(40)43-34(30)41)18(6)25(38-32)14-27-20(9-2)16(4)23(36-27)13-26(19)35-22/h12-14,35,38H,8-11H2,1-7H3. The second-order valence-corrected chi connectivity index (χ2v) is 11.2. The number of hydrogen-bond donors (Lipinski definition) is 2. The van der Waals surface area contributed by atoms with Gasteiger partial charge in [0.25, 0.3) is 0 Å². The zero-order valence-corrected chi connectivity index (χ0v) is 25.5. The number of nitrogens with zero attached hydrogens (tertiary/aromatic N) is 2. The minimum Gasteiger partial charge on any atom is -0.469 e. The second-order valence-electron chi connectivity index (χ2n) is 11.2. The van der Waals surface area contributed by atoms with E-state index in [2.05, 4.69) is 43.7 Å². The van der Waals surface area contributed by atoms with Crippen LogP contribution in [0.3, 0.4) is 0 Å². The predicted octanol–water partition coefficient (Wildman–Crippen LogP) is 7.03. The third-order valence-electron chi connectivity index (χ3n) is 8.92. The van der Waals surface area contributed by atoms with E-state index in [0.29, 0.717) is 40.0 Å². The van der Waals surface area contributed by atoms with E-state index in [1.165, 1.54) is 12.7 Å². The van der Waals surface area contributed by atoms with E-state index in [1.54, 1.807) is 0 Å². The van der Waals surface area contributed by atoms with Crippen LogP contribution in [0.5, 0.6) is 0 Å². The van der Waals surface area contributed by atoms with Gasteiger partial charge in [-0.05, 0) is 104 Å². The van der Waals surface area contributed by atoms with Gasteiger partial charge in [0, 0.05) is 23.0 Å². The number of hydrogen-bond acceptors (Lipinski definition) is 7. The molecule has 220 valence electrons. The first-order valence-corrected chi connectivity index (χ1v) is 14.6. The van der Waals surface area contributed by atoms with Crippen LogP contribution in [0, 0.1) is 13.8 Å². The summed E-state index contributed by atoms with van der Waals surface area (Å²) >= 11 is 0. The number of H-pyrrole nitrogens is 2. The Kier molecular flexibility index (Phi) is 6.91. The number of aryl methyl sites for hydroxylation is 3. The topological polar surface area (TPSA) is 127 Å². The molecule has 3 aliphatic heterocycles. The van der Waals surface area contributed by atoms with E-state index in [9.17, 15) is 14.4 Å². The minimum atomic E-state index is -0.783. The number of carbonyl (C=O) groups excluding carboxylic acids is 3. The lowest BCUT2D eigenvalue weighted by atomic mass is 9.96. The molecule has 2 N–H and O–H groups in total. The van der Waals surface area contributed by atoms with Crippen molar-refractivity contribution >= 4 is 62.3 Å². The Morgan fingerprint density at radius 2 is 1.42 bits per heavy atom. The predicted molar refractivity (Wildman–Crippen MR) is 166 cm³/mol. The van der Waals surface area contributed by atoms with Crippen molar-refractivity contribution in [2.75, 3.05) is 7.11 Å². The van der Waals surface area contributed by atoms with Crippen molar-refractivity contribution < 1.29 is 23.9 Å². The van der Waals surface area contributed by atoms with Crippen molar-refractivity contribution in [2.45, 2.75) is 67.2 Å². The lowest BCUT2D eigenvalue weighted by Gasteiger charge is -2.13. The largest absolute Gasteiger partial charge is 0.469 e. The van der Waals surface area contributed by atoms with Gasteiger partial charge in [-0.25, -0.2) is 19.6 Å². The number of methoxy groups -OCH3 is 1. The van der Waals surface area contributed by atoms with Crippen molar-refractivity contribution in [1.29, 1.82) is 0 Å². The van der Waals surface area contributed by atoms with Crippen LogP contribution >= 0.6 is 0 Å². The van der Waals surface area contributed by atoms with Crippen LogP contribution < -0.4 is 0 Å². The van der Waals surface area contributed by atoms with E-state index in [0.717, 1.165) is 63.1 Å². The molecule has 0 saturated carbocycles. The third kappa shape index (κ3) is 4.42. The zero-order chi connectivity index (χ0) is 30.7. The highest BCUT2D eigenvalue weighted by molar-refractivity contribution is 6.19. The molecule has 0 atom stereocenters. The molecule has 3 aliphatic rings. The average Bonchev–Trinajstić information content (AvgIpc) is 3.65. The summed E-state index contributed by atoms with van der Waals surface area (Å²) < 4.78 is 10.2. The van der Waals surface area contributed by atoms with Crippen LogP contribution in [0.4, 0.5) is 0 Å². The maximum absolute atomic E-state index is 13.4. The van der Waals surface area contributed by atoms with Crippen LogP contribution in [-0.4, -0.2) is 45.0 Å². The van der Waals surface area contributed by atoms with E-state index in [-0.39, 0.29) is 18.0 Å². The van der Waals surface area contributed by atoms with Gasteiger partial charge >= 0.3 is 17.9 Å². The molecule has 0 radical (unpaired) electrons. The molecule has 0 unspecified atom stereocenters. The van der Waals surface area contributed by atoms with Gasteiger partial charge in [0.2, 0.25) is 0 Å². The number of allylic oxidation sites excluding steroid dienone is 4. The van der Waals surface area contributed by atoms with Crippen molar-refractivity contribution in [1.82, 2.24) is 19.9 Å². The Labute approximate surface area is 249 Å². The van der Waals surface area contributed by atoms with Gasteiger partial charge in [-0.15, -0.1) is 0 Å². The summed E-state index contributed by atoms with van der Waals surface area (Å²) in [6.07, 6.45) is 2.02. The molecule has 0 aromatic carbocycles. The van der Waals surface area contributed by atoms with Gasteiger partial charge in [-0.1, -0.05) is 13.8 Å². The van der Waals surface area contributed by atoms with E-state index in [1.807, 2.05) is 26.0 Å². The molecule has 0 aliphatic carbocycles. The number of aromatic nitrogens is 4. The number of fused-ring (bicyclic) bond motifs is 8. The van der Waals surface area contributed by atoms with E-state index in [4.69, 9.17) is 19.4 Å². The quantitative estimate of drug-likeness (QED) is 0.246. The Morgan fingerprint density at radius 1 is 0.791 bits per heavy atom. The zero-order valence-electron chi connectivity index (χ0n) is 25.5. The fourth-order valence-corrected chi connectivity index (χ4v) is 6.44. The highest BCUT2D eigenvalue weighted by Gasteiger charge is 2.35. The SMILES string of the molecule is CCC1=C(C)c2cc3[nH]c(cc4nc(c5c6[nH]c(cc1n2)c(C)c6C(=O)OC5=O)C(CCC(=O)OC)=C4C)c(C)c3CC. The molecular weight excluding hydrogens is 544 g/mol. The first kappa shape index (κ1) is 28.3. The fraction of sp³-hybridized carbons (Fsp3) is 0.324. The molecule has 6 rings (SSSR count). The number of rotatable bonds is 5. The Bertz CT molecular complexity index is 2000. The van der Waals surface area contributed by atoms with E-state index >= 15 is 0 Å². The third-order valence-corrected chi connectivity index (χ3v) is 8.92.